The molecule has 0 aliphatic heterocycles. The molecule has 56 valence electrons. The molecule has 0 bridgehead atoms. The van der Waals surface area contributed by atoms with Gasteiger partial charge in [-0.05, 0) is 6.07 Å². The van der Waals surface area contributed by atoms with Gasteiger partial charge in [0.15, 0.2) is 0 Å². The van der Waals surface area contributed by atoms with Crippen molar-refractivity contribution in [2.24, 2.45) is 0 Å². The number of rotatable bonds is 0. The van der Waals surface area contributed by atoms with Gasteiger partial charge in [0.2, 0.25) is 11.7 Å². The molecular weight excluding hydrogens is 166 g/mol. The number of halogens is 1. The highest BCUT2D eigenvalue weighted by atomic mass is 35.5. The van der Waals surface area contributed by atoms with E-state index in [1.165, 1.54) is 16.8 Å². The van der Waals surface area contributed by atoms with Gasteiger partial charge in [0.1, 0.15) is 5.15 Å². The molecule has 0 unspecified atom stereocenters. The van der Waals surface area contributed by atoms with Crippen molar-refractivity contribution in [2.75, 3.05) is 0 Å². The highest BCUT2D eigenvalue weighted by molar-refractivity contribution is 6.29. The van der Waals surface area contributed by atoms with Gasteiger partial charge in [-0.2, -0.15) is 4.98 Å². The molecule has 11 heavy (non-hydrogen) atoms. The molecule has 0 spiro atoms. The van der Waals surface area contributed by atoms with Gasteiger partial charge in [0.25, 0.3) is 0 Å². The lowest BCUT2D eigenvalue weighted by Gasteiger charge is -1.91. The van der Waals surface area contributed by atoms with Crippen LogP contribution in [-0.4, -0.2) is 19.5 Å². The van der Waals surface area contributed by atoms with Crippen LogP contribution in [0.2, 0.25) is 5.15 Å². The molecule has 0 radical (unpaired) electrons. The molecule has 0 atom stereocenters. The van der Waals surface area contributed by atoms with E-state index in [9.17, 15) is 0 Å². The molecule has 5 heteroatoms. The van der Waals surface area contributed by atoms with Crippen LogP contribution in [-0.2, 0) is 0 Å². The quantitative estimate of drug-likeness (QED) is 0.601. The Morgan fingerprint density at radius 2 is 2.36 bits per heavy atom. The van der Waals surface area contributed by atoms with E-state index >= 15 is 0 Å². The van der Waals surface area contributed by atoms with Crippen LogP contribution in [0.25, 0.3) is 5.78 Å². The molecule has 0 fully saturated rings. The van der Waals surface area contributed by atoms with Crippen LogP contribution in [0.5, 0.6) is 5.88 Å². The second-order valence-corrected chi connectivity index (χ2v) is 2.42. The number of fused-ring (bicyclic) bond motifs is 1. The summed E-state index contributed by atoms with van der Waals surface area (Å²) in [5.74, 6) is 0.320. The molecular formula is C6H4ClN3O. The van der Waals surface area contributed by atoms with Crippen molar-refractivity contribution < 1.29 is 5.11 Å². The third kappa shape index (κ3) is 0.914. The van der Waals surface area contributed by atoms with E-state index in [1.54, 1.807) is 6.07 Å². The summed E-state index contributed by atoms with van der Waals surface area (Å²) in [6, 6.07) is 1.62. The van der Waals surface area contributed by atoms with Gasteiger partial charge in [-0.3, -0.25) is 4.40 Å². The predicted octanol–water partition coefficient (Wildman–Crippen LogP) is 1.09. The van der Waals surface area contributed by atoms with Gasteiger partial charge in [-0.15, -0.1) is 0 Å². The Bertz CT molecular complexity index is 398. The normalized spacial score (nSPS) is 10.6. The predicted molar refractivity (Wildman–Crippen MR) is 39.7 cm³/mol. The van der Waals surface area contributed by atoms with Crippen LogP contribution in [0.3, 0.4) is 0 Å². The van der Waals surface area contributed by atoms with E-state index in [4.69, 9.17) is 16.7 Å². The van der Waals surface area contributed by atoms with Crippen LogP contribution >= 0.6 is 11.6 Å². The van der Waals surface area contributed by atoms with Gasteiger partial charge < -0.3 is 5.11 Å². The van der Waals surface area contributed by atoms with Crippen molar-refractivity contribution in [1.82, 2.24) is 14.4 Å². The number of aromatic nitrogens is 3. The summed E-state index contributed by atoms with van der Waals surface area (Å²) in [6.07, 6.45) is 2.94. The Kier molecular flexibility index (Phi) is 1.22. The summed E-state index contributed by atoms with van der Waals surface area (Å²) in [5, 5.41) is 9.42. The SMILES string of the molecule is Oc1cn2c(Cl)ccnc2n1. The van der Waals surface area contributed by atoms with Crippen LogP contribution in [0.1, 0.15) is 0 Å². The van der Waals surface area contributed by atoms with E-state index in [0.29, 0.717) is 10.9 Å². The average molecular weight is 170 g/mol. The average Bonchev–Trinajstić information content (AvgIpc) is 2.31. The third-order valence-corrected chi connectivity index (χ3v) is 1.61. The van der Waals surface area contributed by atoms with Crippen molar-refractivity contribution >= 4 is 17.4 Å². The topological polar surface area (TPSA) is 50.4 Å². The molecule has 2 heterocycles. The fraction of sp³-hybridized carbons (Fsp3) is 0. The number of aromatic hydroxyl groups is 1. The maximum Gasteiger partial charge on any atom is 0.238 e. The lowest BCUT2D eigenvalue weighted by molar-refractivity contribution is 0.457. The van der Waals surface area contributed by atoms with Gasteiger partial charge in [-0.1, -0.05) is 11.6 Å². The second-order valence-electron chi connectivity index (χ2n) is 2.04. The molecule has 0 aliphatic rings. The first-order valence-electron chi connectivity index (χ1n) is 2.96. The summed E-state index contributed by atoms with van der Waals surface area (Å²) < 4.78 is 1.50. The summed E-state index contributed by atoms with van der Waals surface area (Å²) in [7, 11) is 0. The molecule has 0 saturated heterocycles. The Morgan fingerprint density at radius 3 is 3.09 bits per heavy atom. The Balaban J connectivity index is 2.90. The monoisotopic (exact) mass is 169 g/mol. The molecule has 0 saturated carbocycles. The molecule has 0 aliphatic carbocycles. The highest BCUT2D eigenvalue weighted by Gasteiger charge is 2.01. The fourth-order valence-corrected chi connectivity index (χ4v) is 1.03. The number of hydrogen-bond donors (Lipinski definition) is 1. The van der Waals surface area contributed by atoms with Gasteiger partial charge >= 0.3 is 0 Å². The van der Waals surface area contributed by atoms with Crippen LogP contribution in [0, 0.1) is 0 Å². The second kappa shape index (κ2) is 2.10. The molecule has 0 aromatic carbocycles. The van der Waals surface area contributed by atoms with E-state index in [0.717, 1.165) is 0 Å². The Labute approximate surface area is 67.1 Å². The molecule has 2 rings (SSSR count). The minimum absolute atomic E-state index is 0.0781. The number of hydrogen-bond acceptors (Lipinski definition) is 3. The van der Waals surface area contributed by atoms with Crippen LogP contribution in [0.4, 0.5) is 0 Å². The molecule has 2 aromatic rings. The van der Waals surface area contributed by atoms with E-state index in [1.807, 2.05) is 0 Å². The largest absolute Gasteiger partial charge is 0.492 e. The van der Waals surface area contributed by atoms with Crippen molar-refractivity contribution in [1.29, 1.82) is 0 Å². The summed E-state index contributed by atoms with van der Waals surface area (Å²) in [4.78, 5) is 7.57. The maximum atomic E-state index is 8.95. The van der Waals surface area contributed by atoms with Crippen molar-refractivity contribution in [2.45, 2.75) is 0 Å². The van der Waals surface area contributed by atoms with Crippen molar-refractivity contribution in [3.05, 3.63) is 23.6 Å². The molecule has 1 N–H and O–H groups in total. The lowest BCUT2D eigenvalue weighted by Crippen LogP contribution is -1.86. The highest BCUT2D eigenvalue weighted by Crippen LogP contribution is 2.13. The summed E-state index contributed by atoms with van der Waals surface area (Å²) in [5.41, 5.74) is 0. The number of nitrogens with zero attached hydrogens (tertiary/aromatic N) is 3. The zero-order valence-electron chi connectivity index (χ0n) is 5.40. The van der Waals surface area contributed by atoms with Crippen molar-refractivity contribution in [3.63, 3.8) is 0 Å². The first kappa shape index (κ1) is 6.42. The van der Waals surface area contributed by atoms with Crippen LogP contribution < -0.4 is 0 Å². The molecule has 2 aromatic heterocycles. The summed E-state index contributed by atoms with van der Waals surface area (Å²) >= 11 is 5.74. The van der Waals surface area contributed by atoms with E-state index < -0.39 is 0 Å². The zero-order valence-corrected chi connectivity index (χ0v) is 6.15. The minimum atomic E-state index is -0.0781. The minimum Gasteiger partial charge on any atom is -0.492 e. The van der Waals surface area contributed by atoms with Crippen LogP contribution in [0.15, 0.2) is 18.5 Å². The van der Waals surface area contributed by atoms with Gasteiger partial charge in [0, 0.05) is 6.20 Å². The molecule has 0 amide bonds. The van der Waals surface area contributed by atoms with Gasteiger partial charge in [-0.25, -0.2) is 4.98 Å². The number of imidazole rings is 1. The lowest BCUT2D eigenvalue weighted by atomic mass is 10.7. The smallest absolute Gasteiger partial charge is 0.238 e. The molecule has 4 nitrogen and oxygen atoms in total. The standard InChI is InChI=1S/C6H4ClN3O/c7-4-1-2-8-6-9-5(11)3-10(4)6/h1-3,11H. The Hall–Kier alpha value is -1.29. The fourth-order valence-electron chi connectivity index (χ4n) is 0.852. The zero-order chi connectivity index (χ0) is 7.84. The Morgan fingerprint density at radius 1 is 1.55 bits per heavy atom. The van der Waals surface area contributed by atoms with E-state index in [-0.39, 0.29) is 5.88 Å². The first-order valence-corrected chi connectivity index (χ1v) is 3.34. The van der Waals surface area contributed by atoms with Gasteiger partial charge in [0.05, 0.1) is 6.20 Å². The van der Waals surface area contributed by atoms with Crippen molar-refractivity contribution in [3.8, 4) is 5.88 Å². The third-order valence-electron chi connectivity index (χ3n) is 1.31. The first-order chi connectivity index (χ1) is 5.27. The van der Waals surface area contributed by atoms with E-state index in [2.05, 4.69) is 9.97 Å². The summed E-state index contributed by atoms with van der Waals surface area (Å²) in [6.45, 7) is 0. The maximum absolute atomic E-state index is 8.95.